The topological polar surface area (TPSA) is 47.1 Å². The molecule has 4 nitrogen and oxygen atoms in total. The minimum absolute atomic E-state index is 0.150. The molecular weight excluding hydrogens is 224 g/mol. The van der Waals surface area contributed by atoms with Crippen LogP contribution in [-0.2, 0) is 6.54 Å². The van der Waals surface area contributed by atoms with Gasteiger partial charge in [-0.15, -0.1) is 0 Å². The molecule has 2 rings (SSSR count). The van der Waals surface area contributed by atoms with Gasteiger partial charge in [0.15, 0.2) is 0 Å². The Morgan fingerprint density at radius 2 is 2.17 bits per heavy atom. The molecule has 0 saturated carbocycles. The highest BCUT2D eigenvalue weighted by Gasteiger charge is 2.36. The fourth-order valence-corrected chi connectivity index (χ4v) is 2.91. The van der Waals surface area contributed by atoms with Crippen LogP contribution in [0, 0.1) is 0 Å². The fourth-order valence-electron chi connectivity index (χ4n) is 2.91. The average molecular weight is 250 g/mol. The van der Waals surface area contributed by atoms with E-state index in [-0.39, 0.29) is 11.6 Å². The smallest absolute Gasteiger partial charge is 0.0538 e. The van der Waals surface area contributed by atoms with Crippen LogP contribution in [0.15, 0.2) is 12.4 Å². The number of aryl methyl sites for hydroxylation is 1. The molecule has 2 unspecified atom stereocenters. The highest BCUT2D eigenvalue weighted by molar-refractivity contribution is 5.16. The SMILES string of the molecule is CCn1cc(C2C(N)CCCN2C(C)(C)C)cn1. The van der Waals surface area contributed by atoms with Crippen molar-refractivity contribution in [2.45, 2.75) is 64.7 Å². The van der Waals surface area contributed by atoms with Crippen molar-refractivity contribution in [3.8, 4) is 0 Å². The van der Waals surface area contributed by atoms with Crippen LogP contribution in [0.4, 0.5) is 0 Å². The molecule has 0 spiro atoms. The summed E-state index contributed by atoms with van der Waals surface area (Å²) in [6.07, 6.45) is 6.43. The molecule has 1 aliphatic rings. The molecular formula is C14H26N4. The third kappa shape index (κ3) is 2.59. The van der Waals surface area contributed by atoms with Crippen LogP contribution in [0.2, 0.25) is 0 Å². The van der Waals surface area contributed by atoms with Crippen molar-refractivity contribution in [1.82, 2.24) is 14.7 Å². The maximum atomic E-state index is 6.37. The first-order valence-electron chi connectivity index (χ1n) is 6.98. The van der Waals surface area contributed by atoms with Gasteiger partial charge in [-0.2, -0.15) is 5.10 Å². The zero-order chi connectivity index (χ0) is 13.3. The van der Waals surface area contributed by atoms with Crippen LogP contribution in [0.25, 0.3) is 0 Å². The number of nitrogens with two attached hydrogens (primary N) is 1. The van der Waals surface area contributed by atoms with Crippen molar-refractivity contribution in [2.24, 2.45) is 5.73 Å². The average Bonchev–Trinajstić information content (AvgIpc) is 2.75. The van der Waals surface area contributed by atoms with Gasteiger partial charge in [-0.05, 0) is 47.1 Å². The Kier molecular flexibility index (Phi) is 3.78. The largest absolute Gasteiger partial charge is 0.326 e. The van der Waals surface area contributed by atoms with E-state index in [2.05, 4.69) is 43.9 Å². The Morgan fingerprint density at radius 3 is 2.72 bits per heavy atom. The van der Waals surface area contributed by atoms with Crippen molar-refractivity contribution < 1.29 is 0 Å². The Hall–Kier alpha value is -0.870. The van der Waals surface area contributed by atoms with Crippen molar-refractivity contribution in [1.29, 1.82) is 0 Å². The van der Waals surface area contributed by atoms with Crippen LogP contribution in [-0.4, -0.2) is 32.8 Å². The monoisotopic (exact) mass is 250 g/mol. The summed E-state index contributed by atoms with van der Waals surface area (Å²) in [6, 6.07) is 0.520. The second kappa shape index (κ2) is 5.02. The summed E-state index contributed by atoms with van der Waals surface area (Å²) < 4.78 is 1.98. The van der Waals surface area contributed by atoms with E-state index in [0.29, 0.717) is 6.04 Å². The second-order valence-electron chi connectivity index (χ2n) is 6.24. The van der Waals surface area contributed by atoms with Crippen LogP contribution < -0.4 is 5.73 Å². The van der Waals surface area contributed by atoms with E-state index in [9.17, 15) is 0 Å². The molecule has 102 valence electrons. The molecule has 1 fully saturated rings. The van der Waals surface area contributed by atoms with Crippen molar-refractivity contribution in [2.75, 3.05) is 6.54 Å². The molecule has 1 saturated heterocycles. The van der Waals surface area contributed by atoms with E-state index < -0.39 is 0 Å². The lowest BCUT2D eigenvalue weighted by Gasteiger charge is -2.47. The van der Waals surface area contributed by atoms with Gasteiger partial charge in [0.25, 0.3) is 0 Å². The van der Waals surface area contributed by atoms with Crippen molar-refractivity contribution in [3.63, 3.8) is 0 Å². The van der Waals surface area contributed by atoms with Gasteiger partial charge in [-0.25, -0.2) is 0 Å². The second-order valence-corrected chi connectivity index (χ2v) is 6.24. The highest BCUT2D eigenvalue weighted by Crippen LogP contribution is 2.35. The first kappa shape index (κ1) is 13.6. The molecule has 2 N–H and O–H groups in total. The third-order valence-corrected chi connectivity index (χ3v) is 3.86. The number of hydrogen-bond donors (Lipinski definition) is 1. The lowest BCUT2D eigenvalue weighted by molar-refractivity contribution is 0.0384. The molecule has 1 aromatic heterocycles. The lowest BCUT2D eigenvalue weighted by atomic mass is 9.88. The Morgan fingerprint density at radius 1 is 1.44 bits per heavy atom. The van der Waals surface area contributed by atoms with Crippen molar-refractivity contribution >= 4 is 0 Å². The number of rotatable bonds is 2. The Labute approximate surface area is 110 Å². The van der Waals surface area contributed by atoms with Crippen LogP contribution in [0.5, 0.6) is 0 Å². The van der Waals surface area contributed by atoms with E-state index in [1.807, 2.05) is 10.9 Å². The molecule has 0 radical (unpaired) electrons. The number of nitrogens with zero attached hydrogens (tertiary/aromatic N) is 3. The molecule has 1 aromatic rings. The number of aromatic nitrogens is 2. The van der Waals surface area contributed by atoms with E-state index in [1.165, 1.54) is 12.0 Å². The summed E-state index contributed by atoms with van der Waals surface area (Å²) in [5.74, 6) is 0. The van der Waals surface area contributed by atoms with Gasteiger partial charge in [0.05, 0.1) is 12.2 Å². The normalized spacial score (nSPS) is 26.5. The third-order valence-electron chi connectivity index (χ3n) is 3.86. The summed E-state index contributed by atoms with van der Waals surface area (Å²) in [5, 5.41) is 4.40. The molecule has 0 aromatic carbocycles. The van der Waals surface area contributed by atoms with E-state index >= 15 is 0 Å². The fraction of sp³-hybridized carbons (Fsp3) is 0.786. The van der Waals surface area contributed by atoms with Gasteiger partial charge in [0.2, 0.25) is 0 Å². The van der Waals surface area contributed by atoms with Gasteiger partial charge in [-0.3, -0.25) is 9.58 Å². The quantitative estimate of drug-likeness (QED) is 0.875. The zero-order valence-electron chi connectivity index (χ0n) is 12.1. The summed E-state index contributed by atoms with van der Waals surface area (Å²) in [6.45, 7) is 10.9. The van der Waals surface area contributed by atoms with Crippen LogP contribution >= 0.6 is 0 Å². The van der Waals surface area contributed by atoms with Crippen LogP contribution in [0.1, 0.15) is 52.1 Å². The molecule has 18 heavy (non-hydrogen) atoms. The summed E-state index contributed by atoms with van der Waals surface area (Å²) in [4.78, 5) is 2.53. The predicted molar refractivity (Wildman–Crippen MR) is 74.3 cm³/mol. The Balaban J connectivity index is 2.30. The molecule has 4 heteroatoms. The molecule has 0 bridgehead atoms. The first-order valence-corrected chi connectivity index (χ1v) is 6.98. The number of piperidine rings is 1. The standard InChI is InChI=1S/C14H26N4/c1-5-17-10-11(9-16-17)13-12(15)7-6-8-18(13)14(2,3)4/h9-10,12-13H,5-8,15H2,1-4H3. The van der Waals surface area contributed by atoms with Crippen molar-refractivity contribution in [3.05, 3.63) is 18.0 Å². The van der Waals surface area contributed by atoms with Gasteiger partial charge in [-0.1, -0.05) is 0 Å². The summed E-state index contributed by atoms with van der Waals surface area (Å²) in [7, 11) is 0. The maximum absolute atomic E-state index is 6.37. The summed E-state index contributed by atoms with van der Waals surface area (Å²) >= 11 is 0. The maximum Gasteiger partial charge on any atom is 0.0538 e. The zero-order valence-corrected chi connectivity index (χ0v) is 12.1. The molecule has 2 heterocycles. The number of likely N-dealkylation sites (tertiary alicyclic amines) is 1. The minimum Gasteiger partial charge on any atom is -0.326 e. The predicted octanol–water partition coefficient (Wildman–Crippen LogP) is 2.17. The molecule has 0 amide bonds. The molecule has 2 atom stereocenters. The first-order chi connectivity index (χ1) is 8.43. The molecule has 0 aliphatic carbocycles. The van der Waals surface area contributed by atoms with E-state index in [0.717, 1.165) is 19.5 Å². The summed E-state index contributed by atoms with van der Waals surface area (Å²) in [5.41, 5.74) is 7.78. The molecule has 1 aliphatic heterocycles. The van der Waals surface area contributed by atoms with E-state index in [1.54, 1.807) is 0 Å². The van der Waals surface area contributed by atoms with Gasteiger partial charge < -0.3 is 5.73 Å². The number of hydrogen-bond acceptors (Lipinski definition) is 3. The van der Waals surface area contributed by atoms with Gasteiger partial charge in [0, 0.05) is 29.9 Å². The lowest BCUT2D eigenvalue weighted by Crippen LogP contribution is -2.53. The Bertz CT molecular complexity index is 391. The van der Waals surface area contributed by atoms with Crippen LogP contribution in [0.3, 0.4) is 0 Å². The van der Waals surface area contributed by atoms with E-state index in [4.69, 9.17) is 5.73 Å². The van der Waals surface area contributed by atoms with Gasteiger partial charge >= 0.3 is 0 Å². The highest BCUT2D eigenvalue weighted by atomic mass is 15.3. The minimum atomic E-state index is 0.150. The van der Waals surface area contributed by atoms with Gasteiger partial charge in [0.1, 0.15) is 0 Å².